The lowest BCUT2D eigenvalue weighted by molar-refractivity contribution is -0.142. The molecule has 0 spiro atoms. The van der Waals surface area contributed by atoms with Gasteiger partial charge in [0.25, 0.3) is 10.1 Å². The summed E-state index contributed by atoms with van der Waals surface area (Å²) in [5.41, 5.74) is 1.57. The van der Waals surface area contributed by atoms with Gasteiger partial charge in [0.2, 0.25) is 0 Å². The molecular weight excluding hydrogens is 244 g/mol. The van der Waals surface area contributed by atoms with Gasteiger partial charge in [-0.15, -0.1) is 0 Å². The van der Waals surface area contributed by atoms with Crippen molar-refractivity contribution in [1.29, 1.82) is 0 Å². The summed E-state index contributed by atoms with van der Waals surface area (Å²) < 4.78 is 31.0. The molecule has 0 saturated carbocycles. The fourth-order valence-electron chi connectivity index (χ4n) is 1.09. The van der Waals surface area contributed by atoms with Crippen molar-refractivity contribution >= 4 is 16.1 Å². The molecule has 0 unspecified atom stereocenters. The maximum atomic E-state index is 10.8. The zero-order chi connectivity index (χ0) is 12.9. The fraction of sp³-hybridized carbons (Fsp3) is 0.364. The molecule has 94 valence electrons. The molecule has 1 aromatic carbocycles. The standard InChI is InChI=1S/C11H14O5S/c1-9(12)15-7-10-3-5-11(6-4-10)8-16-17(2,13)14/h3-6H,7-8H2,1-2H3. The van der Waals surface area contributed by atoms with E-state index in [4.69, 9.17) is 4.74 Å². The Balaban J connectivity index is 2.53. The zero-order valence-corrected chi connectivity index (χ0v) is 10.5. The molecule has 0 amide bonds. The fourth-order valence-corrected chi connectivity index (χ4v) is 1.44. The largest absolute Gasteiger partial charge is 0.461 e. The highest BCUT2D eigenvalue weighted by atomic mass is 32.2. The summed E-state index contributed by atoms with van der Waals surface area (Å²) in [7, 11) is -3.42. The maximum Gasteiger partial charge on any atom is 0.302 e. The molecule has 5 nitrogen and oxygen atoms in total. The number of carbonyl (C=O) groups is 1. The molecule has 0 radical (unpaired) electrons. The molecule has 0 fully saturated rings. The van der Waals surface area contributed by atoms with E-state index in [0.29, 0.717) is 0 Å². The molecule has 6 heteroatoms. The van der Waals surface area contributed by atoms with Gasteiger partial charge < -0.3 is 4.74 Å². The summed E-state index contributed by atoms with van der Waals surface area (Å²) in [6.45, 7) is 1.56. The number of benzene rings is 1. The third kappa shape index (κ3) is 6.03. The Hall–Kier alpha value is -1.40. The minimum Gasteiger partial charge on any atom is -0.461 e. The molecule has 17 heavy (non-hydrogen) atoms. The molecule has 0 aliphatic rings. The SMILES string of the molecule is CC(=O)OCc1ccc(COS(C)(=O)=O)cc1. The van der Waals surface area contributed by atoms with Crippen molar-refractivity contribution in [3.8, 4) is 0 Å². The van der Waals surface area contributed by atoms with E-state index >= 15 is 0 Å². The van der Waals surface area contributed by atoms with Crippen molar-refractivity contribution in [2.45, 2.75) is 20.1 Å². The Labute approximate surface area is 100 Å². The van der Waals surface area contributed by atoms with E-state index in [0.717, 1.165) is 17.4 Å². The average Bonchev–Trinajstić information content (AvgIpc) is 2.24. The maximum absolute atomic E-state index is 10.8. The summed E-state index contributed by atoms with van der Waals surface area (Å²) in [5.74, 6) is -0.338. The first-order valence-corrected chi connectivity index (χ1v) is 6.74. The van der Waals surface area contributed by atoms with Crippen molar-refractivity contribution in [2.24, 2.45) is 0 Å². The predicted octanol–water partition coefficient (Wildman–Crippen LogP) is 1.23. The molecule has 0 aliphatic carbocycles. The number of hydrogen-bond donors (Lipinski definition) is 0. The lowest BCUT2D eigenvalue weighted by atomic mass is 10.1. The van der Waals surface area contributed by atoms with Crippen LogP contribution >= 0.6 is 0 Å². The lowest BCUT2D eigenvalue weighted by Gasteiger charge is -2.04. The van der Waals surface area contributed by atoms with Crippen LogP contribution in [0.15, 0.2) is 24.3 Å². The topological polar surface area (TPSA) is 69.7 Å². The molecule has 0 bridgehead atoms. The van der Waals surface area contributed by atoms with Gasteiger partial charge in [-0.25, -0.2) is 0 Å². The van der Waals surface area contributed by atoms with Gasteiger partial charge in [-0.3, -0.25) is 8.98 Å². The molecular formula is C11H14O5S. The molecule has 0 N–H and O–H groups in total. The van der Waals surface area contributed by atoms with Gasteiger partial charge in [-0.05, 0) is 11.1 Å². The highest BCUT2D eigenvalue weighted by molar-refractivity contribution is 7.85. The normalized spacial score (nSPS) is 11.2. The Morgan fingerprint density at radius 3 is 2.00 bits per heavy atom. The zero-order valence-electron chi connectivity index (χ0n) is 9.67. The van der Waals surface area contributed by atoms with Gasteiger partial charge >= 0.3 is 5.97 Å². The van der Waals surface area contributed by atoms with Gasteiger partial charge in [-0.2, -0.15) is 8.42 Å². The third-order valence-electron chi connectivity index (χ3n) is 1.90. The van der Waals surface area contributed by atoms with Gasteiger partial charge in [0.05, 0.1) is 12.9 Å². The number of rotatable bonds is 5. The number of carbonyl (C=O) groups excluding carboxylic acids is 1. The van der Waals surface area contributed by atoms with Crippen LogP contribution < -0.4 is 0 Å². The first-order chi connectivity index (χ1) is 7.87. The second-order valence-corrected chi connectivity index (χ2v) is 5.21. The quantitative estimate of drug-likeness (QED) is 0.587. The van der Waals surface area contributed by atoms with E-state index in [1.54, 1.807) is 24.3 Å². The van der Waals surface area contributed by atoms with Crippen LogP contribution in [0.3, 0.4) is 0 Å². The first kappa shape index (κ1) is 13.7. The average molecular weight is 258 g/mol. The van der Waals surface area contributed by atoms with Crippen molar-refractivity contribution < 1.29 is 22.1 Å². The van der Waals surface area contributed by atoms with Crippen molar-refractivity contribution in [3.63, 3.8) is 0 Å². The van der Waals surface area contributed by atoms with Crippen molar-refractivity contribution in [1.82, 2.24) is 0 Å². The summed E-state index contributed by atoms with van der Waals surface area (Å²) >= 11 is 0. The van der Waals surface area contributed by atoms with E-state index < -0.39 is 10.1 Å². The Kier molecular flexibility index (Phi) is 4.65. The van der Waals surface area contributed by atoms with Crippen LogP contribution in [-0.4, -0.2) is 20.6 Å². The van der Waals surface area contributed by atoms with Crippen LogP contribution in [-0.2, 0) is 37.0 Å². The Morgan fingerprint density at radius 2 is 1.59 bits per heavy atom. The molecule has 0 aliphatic heterocycles. The van der Waals surface area contributed by atoms with Crippen LogP contribution in [0.4, 0.5) is 0 Å². The van der Waals surface area contributed by atoms with E-state index in [-0.39, 0.29) is 19.2 Å². The molecule has 0 atom stereocenters. The summed E-state index contributed by atoms with van der Waals surface area (Å²) in [6, 6.07) is 6.96. The van der Waals surface area contributed by atoms with Crippen molar-refractivity contribution in [3.05, 3.63) is 35.4 Å². The number of ether oxygens (including phenoxy) is 1. The summed E-state index contributed by atoms with van der Waals surface area (Å²) in [6.07, 6.45) is 1.00. The van der Waals surface area contributed by atoms with E-state index in [9.17, 15) is 13.2 Å². The molecule has 0 saturated heterocycles. The smallest absolute Gasteiger partial charge is 0.302 e. The van der Waals surface area contributed by atoms with Crippen LogP contribution in [0.25, 0.3) is 0 Å². The molecule has 1 aromatic rings. The minimum absolute atomic E-state index is 0.00663. The van der Waals surface area contributed by atoms with Gasteiger partial charge in [0.1, 0.15) is 6.61 Å². The van der Waals surface area contributed by atoms with E-state index in [1.807, 2.05) is 0 Å². The number of esters is 1. The molecule has 0 heterocycles. The first-order valence-electron chi connectivity index (χ1n) is 4.92. The van der Waals surface area contributed by atoms with Gasteiger partial charge in [0, 0.05) is 6.92 Å². The highest BCUT2D eigenvalue weighted by Gasteiger charge is 2.03. The van der Waals surface area contributed by atoms with Crippen molar-refractivity contribution in [2.75, 3.05) is 6.26 Å². The molecule has 1 rings (SSSR count). The Bertz CT molecular complexity index is 475. The van der Waals surface area contributed by atoms with Gasteiger partial charge in [0.15, 0.2) is 0 Å². The highest BCUT2D eigenvalue weighted by Crippen LogP contribution is 2.08. The number of hydrogen-bond acceptors (Lipinski definition) is 5. The third-order valence-corrected chi connectivity index (χ3v) is 2.45. The van der Waals surface area contributed by atoms with E-state index in [2.05, 4.69) is 4.18 Å². The second-order valence-electron chi connectivity index (χ2n) is 3.56. The van der Waals surface area contributed by atoms with Crippen LogP contribution in [0, 0.1) is 0 Å². The monoisotopic (exact) mass is 258 g/mol. The summed E-state index contributed by atoms with van der Waals surface area (Å²) in [4.78, 5) is 10.6. The summed E-state index contributed by atoms with van der Waals surface area (Å²) in [5, 5.41) is 0. The Morgan fingerprint density at radius 1 is 1.12 bits per heavy atom. The van der Waals surface area contributed by atoms with E-state index in [1.165, 1.54) is 6.92 Å². The second kappa shape index (κ2) is 5.79. The van der Waals surface area contributed by atoms with Crippen LogP contribution in [0.1, 0.15) is 18.1 Å². The van der Waals surface area contributed by atoms with Crippen LogP contribution in [0.5, 0.6) is 0 Å². The van der Waals surface area contributed by atoms with Gasteiger partial charge in [-0.1, -0.05) is 24.3 Å². The minimum atomic E-state index is -3.42. The van der Waals surface area contributed by atoms with Crippen LogP contribution in [0.2, 0.25) is 0 Å². The molecule has 0 aromatic heterocycles. The predicted molar refractivity (Wildman–Crippen MR) is 61.5 cm³/mol. The lowest BCUT2D eigenvalue weighted by Crippen LogP contribution is -2.03.